The zero-order valence-corrected chi connectivity index (χ0v) is 18.0. The minimum Gasteiger partial charge on any atom is -0.345 e. The van der Waals surface area contributed by atoms with Crippen LogP contribution in [0, 0.1) is 13.8 Å². The average molecular weight is 431 g/mol. The fraction of sp³-hybridized carbons (Fsp3) is 0.350. The standard InChI is InChI=1S/C20H22N4O3S2/c1-10-16-12(3)22-18(14-4-5-14)24-20(16)28-17(10)19(25)23-11(2)13-6-8-15(9-7-13)29(21,26)27/h6-9,11,14H,4-5H2,1-3H3,(H,23,25)(H2,21,26,27)/t11-/m1/s1. The van der Waals surface area contributed by atoms with Crippen LogP contribution in [0.25, 0.3) is 10.2 Å². The van der Waals surface area contributed by atoms with Crippen LogP contribution < -0.4 is 10.5 Å². The molecule has 1 aliphatic rings. The number of carbonyl (C=O) groups is 1. The average Bonchev–Trinajstić information content (AvgIpc) is 3.45. The zero-order chi connectivity index (χ0) is 20.9. The summed E-state index contributed by atoms with van der Waals surface area (Å²) in [7, 11) is -3.74. The second-order valence-corrected chi connectivity index (χ2v) is 10.0. The number of nitrogens with zero attached hydrogens (tertiary/aromatic N) is 2. The molecule has 2 aromatic heterocycles. The Balaban J connectivity index is 1.58. The van der Waals surface area contributed by atoms with Gasteiger partial charge in [0, 0.05) is 11.3 Å². The number of nitrogens with two attached hydrogens (primary N) is 1. The third-order valence-electron chi connectivity index (χ3n) is 5.19. The number of aryl methyl sites for hydroxylation is 2. The van der Waals surface area contributed by atoms with Crippen molar-refractivity contribution in [1.29, 1.82) is 0 Å². The van der Waals surface area contributed by atoms with Gasteiger partial charge in [0.15, 0.2) is 0 Å². The first-order valence-electron chi connectivity index (χ1n) is 9.36. The molecule has 0 bridgehead atoms. The number of sulfonamides is 1. The Morgan fingerprint density at radius 1 is 1.21 bits per heavy atom. The Kier molecular flexibility index (Phi) is 4.92. The lowest BCUT2D eigenvalue weighted by Crippen LogP contribution is -2.26. The Morgan fingerprint density at radius 2 is 1.86 bits per heavy atom. The lowest BCUT2D eigenvalue weighted by Gasteiger charge is -2.14. The third kappa shape index (κ3) is 3.90. The van der Waals surface area contributed by atoms with Gasteiger partial charge >= 0.3 is 0 Å². The molecule has 1 aromatic carbocycles. The molecular formula is C20H22N4O3S2. The maximum atomic E-state index is 12.9. The fourth-order valence-electron chi connectivity index (χ4n) is 3.39. The van der Waals surface area contributed by atoms with Gasteiger partial charge in [-0.2, -0.15) is 0 Å². The number of nitrogens with one attached hydrogen (secondary N) is 1. The van der Waals surface area contributed by atoms with Gasteiger partial charge in [0.05, 0.1) is 21.5 Å². The van der Waals surface area contributed by atoms with Crippen LogP contribution in [0.15, 0.2) is 29.2 Å². The Bertz CT molecular complexity index is 1210. The van der Waals surface area contributed by atoms with Crippen molar-refractivity contribution in [1.82, 2.24) is 15.3 Å². The van der Waals surface area contributed by atoms with E-state index in [1.54, 1.807) is 12.1 Å². The minimum absolute atomic E-state index is 0.0423. The van der Waals surface area contributed by atoms with Gasteiger partial charge in [0.2, 0.25) is 10.0 Å². The van der Waals surface area contributed by atoms with Crippen molar-refractivity contribution in [3.63, 3.8) is 0 Å². The van der Waals surface area contributed by atoms with Crippen LogP contribution in [0.2, 0.25) is 0 Å². The van der Waals surface area contributed by atoms with Crippen molar-refractivity contribution in [3.8, 4) is 0 Å². The van der Waals surface area contributed by atoms with Gasteiger partial charge in [-0.15, -0.1) is 11.3 Å². The van der Waals surface area contributed by atoms with Crippen molar-refractivity contribution in [3.05, 3.63) is 51.8 Å². The van der Waals surface area contributed by atoms with Crippen LogP contribution in [-0.2, 0) is 10.0 Å². The molecule has 1 atom stereocenters. The highest BCUT2D eigenvalue weighted by Crippen LogP contribution is 2.40. The lowest BCUT2D eigenvalue weighted by atomic mass is 10.1. The second-order valence-electron chi connectivity index (χ2n) is 7.49. The van der Waals surface area contributed by atoms with Crippen LogP contribution in [0.5, 0.6) is 0 Å². The highest BCUT2D eigenvalue weighted by molar-refractivity contribution is 7.89. The Morgan fingerprint density at radius 3 is 2.45 bits per heavy atom. The van der Waals surface area contributed by atoms with E-state index in [-0.39, 0.29) is 16.8 Å². The second kappa shape index (κ2) is 7.16. The molecule has 1 aliphatic carbocycles. The molecule has 0 aliphatic heterocycles. The summed E-state index contributed by atoms with van der Waals surface area (Å²) in [4.78, 5) is 23.8. The normalized spacial score (nSPS) is 15.4. The van der Waals surface area contributed by atoms with Gasteiger partial charge < -0.3 is 5.32 Å². The first-order chi connectivity index (χ1) is 13.6. The number of rotatable bonds is 5. The van der Waals surface area contributed by atoms with Gasteiger partial charge in [0.25, 0.3) is 5.91 Å². The molecule has 1 fully saturated rings. The van der Waals surface area contributed by atoms with Crippen LogP contribution in [0.1, 0.15) is 64.0 Å². The van der Waals surface area contributed by atoms with E-state index < -0.39 is 10.0 Å². The van der Waals surface area contributed by atoms with Gasteiger partial charge in [-0.25, -0.2) is 23.5 Å². The summed E-state index contributed by atoms with van der Waals surface area (Å²) in [5, 5.41) is 9.07. The summed E-state index contributed by atoms with van der Waals surface area (Å²) >= 11 is 1.39. The molecule has 0 spiro atoms. The Labute approximate surface area is 173 Å². The van der Waals surface area contributed by atoms with Gasteiger partial charge in [-0.1, -0.05) is 12.1 Å². The number of hydrogen-bond donors (Lipinski definition) is 2. The predicted octanol–water partition coefficient (Wildman–Crippen LogP) is 3.32. The van der Waals surface area contributed by atoms with Crippen molar-refractivity contribution in [2.45, 2.75) is 50.5 Å². The van der Waals surface area contributed by atoms with Crippen LogP contribution in [0.4, 0.5) is 0 Å². The molecule has 7 nitrogen and oxygen atoms in total. The van der Waals surface area contributed by atoms with Crippen LogP contribution in [-0.4, -0.2) is 24.3 Å². The summed E-state index contributed by atoms with van der Waals surface area (Å²) in [6, 6.07) is 5.89. The van der Waals surface area contributed by atoms with Gasteiger partial charge in [0.1, 0.15) is 10.7 Å². The molecule has 1 amide bonds. The summed E-state index contributed by atoms with van der Waals surface area (Å²) < 4.78 is 22.8. The number of aromatic nitrogens is 2. The van der Waals surface area contributed by atoms with E-state index in [9.17, 15) is 13.2 Å². The molecule has 0 radical (unpaired) electrons. The number of hydrogen-bond acceptors (Lipinski definition) is 6. The lowest BCUT2D eigenvalue weighted by molar-refractivity contribution is 0.0943. The summed E-state index contributed by atoms with van der Waals surface area (Å²) in [6.45, 7) is 5.74. The molecular weight excluding hydrogens is 408 g/mol. The van der Waals surface area contributed by atoms with Crippen molar-refractivity contribution < 1.29 is 13.2 Å². The van der Waals surface area contributed by atoms with Gasteiger partial charge in [-0.05, 0) is 56.9 Å². The number of fused-ring (bicyclic) bond motifs is 1. The van der Waals surface area contributed by atoms with Crippen LogP contribution in [0.3, 0.4) is 0 Å². The summed E-state index contributed by atoms with van der Waals surface area (Å²) in [5.41, 5.74) is 2.59. The first kappa shape index (κ1) is 19.9. The molecule has 9 heteroatoms. The fourth-order valence-corrected chi connectivity index (χ4v) is 5.05. The van der Waals surface area contributed by atoms with E-state index in [0.29, 0.717) is 10.8 Å². The molecule has 152 valence electrons. The minimum atomic E-state index is -3.74. The third-order valence-corrected chi connectivity index (χ3v) is 7.31. The highest BCUT2D eigenvalue weighted by Gasteiger charge is 2.28. The molecule has 3 aromatic rings. The van der Waals surface area contributed by atoms with E-state index in [2.05, 4.69) is 10.3 Å². The molecule has 1 saturated carbocycles. The Hall–Kier alpha value is -2.36. The molecule has 0 unspecified atom stereocenters. The van der Waals surface area contributed by atoms with Crippen molar-refractivity contribution in [2.75, 3.05) is 0 Å². The predicted molar refractivity (Wildman–Crippen MR) is 113 cm³/mol. The molecule has 3 N–H and O–H groups in total. The molecule has 2 heterocycles. The SMILES string of the molecule is Cc1nc(C2CC2)nc2sc(C(=O)N[C@H](C)c3ccc(S(N)(=O)=O)cc3)c(C)c12. The van der Waals surface area contributed by atoms with Crippen LogP contribution >= 0.6 is 11.3 Å². The van der Waals surface area contributed by atoms with Gasteiger partial charge in [-0.3, -0.25) is 4.79 Å². The maximum absolute atomic E-state index is 12.9. The zero-order valence-electron chi connectivity index (χ0n) is 16.4. The van der Waals surface area contributed by atoms with E-state index in [1.165, 1.54) is 23.5 Å². The van der Waals surface area contributed by atoms with E-state index in [1.807, 2.05) is 20.8 Å². The quantitative estimate of drug-likeness (QED) is 0.644. The van der Waals surface area contributed by atoms with E-state index in [0.717, 1.165) is 45.7 Å². The largest absolute Gasteiger partial charge is 0.345 e. The smallest absolute Gasteiger partial charge is 0.262 e. The molecule has 0 saturated heterocycles. The van der Waals surface area contributed by atoms with E-state index >= 15 is 0 Å². The number of carbonyl (C=O) groups excluding carboxylic acids is 1. The number of primary sulfonamides is 1. The maximum Gasteiger partial charge on any atom is 0.262 e. The summed E-state index contributed by atoms with van der Waals surface area (Å²) in [6.07, 6.45) is 2.26. The highest BCUT2D eigenvalue weighted by atomic mass is 32.2. The van der Waals surface area contributed by atoms with Crippen molar-refractivity contribution >= 4 is 37.5 Å². The van der Waals surface area contributed by atoms with Crippen molar-refractivity contribution in [2.24, 2.45) is 5.14 Å². The number of thiophene rings is 1. The monoisotopic (exact) mass is 430 g/mol. The number of benzene rings is 1. The molecule has 29 heavy (non-hydrogen) atoms. The number of amides is 1. The summed E-state index contributed by atoms with van der Waals surface area (Å²) in [5.74, 6) is 1.16. The topological polar surface area (TPSA) is 115 Å². The first-order valence-corrected chi connectivity index (χ1v) is 11.7. The van der Waals surface area contributed by atoms with E-state index in [4.69, 9.17) is 10.1 Å². The molecule has 4 rings (SSSR count).